The molecular weight excluding hydrogens is 1140 g/mol. The summed E-state index contributed by atoms with van der Waals surface area (Å²) in [6, 6.07) is 92.3. The molecule has 434 valence electrons. The Morgan fingerprint density at radius 2 is 0.554 bits per heavy atom. The van der Waals surface area contributed by atoms with Crippen LogP contribution in [0.25, 0.3) is 156 Å². The van der Waals surface area contributed by atoms with Gasteiger partial charge in [0.15, 0.2) is 0 Å². The highest BCUT2D eigenvalue weighted by Crippen LogP contribution is 2.48. The molecule has 0 aliphatic rings. The first-order valence-corrected chi connectivity index (χ1v) is 30.2. The summed E-state index contributed by atoms with van der Waals surface area (Å²) in [6.45, 7) is 0. The van der Waals surface area contributed by atoms with Crippen molar-refractivity contribution in [2.45, 2.75) is 6.18 Å². The third kappa shape index (κ3) is 10.0. The summed E-state index contributed by atoms with van der Waals surface area (Å²) in [4.78, 5) is 19.0. The summed E-state index contributed by atoms with van der Waals surface area (Å²) < 4.78 is 57.1. The molecule has 0 N–H and O–H groups in total. The molecular formula is C82H50F3N7. The van der Waals surface area contributed by atoms with E-state index in [4.69, 9.17) is 19.9 Å². The quantitative estimate of drug-likeness (QED) is 0.129. The predicted molar refractivity (Wildman–Crippen MR) is 365 cm³/mol. The van der Waals surface area contributed by atoms with Crippen LogP contribution >= 0.6 is 0 Å². The lowest BCUT2D eigenvalue weighted by molar-refractivity contribution is -0.137. The van der Waals surface area contributed by atoms with E-state index in [0.717, 1.165) is 111 Å². The van der Waals surface area contributed by atoms with Crippen molar-refractivity contribution in [1.29, 1.82) is 5.26 Å². The lowest BCUT2D eigenvalue weighted by Crippen LogP contribution is -2.16. The van der Waals surface area contributed by atoms with E-state index in [1.54, 1.807) is 64.3 Å². The first-order valence-electron chi connectivity index (χ1n) is 30.2. The molecule has 10 aromatic carbocycles. The molecule has 0 fully saturated rings. The summed E-state index contributed by atoms with van der Waals surface area (Å²) in [7, 11) is 0. The maximum atomic E-state index is 17.8. The summed E-state index contributed by atoms with van der Waals surface area (Å²) in [5, 5.41) is 13.4. The van der Waals surface area contributed by atoms with Crippen LogP contribution in [0.2, 0.25) is 0 Å². The van der Waals surface area contributed by atoms with Crippen molar-refractivity contribution in [3.8, 4) is 118 Å². The molecule has 0 atom stereocenters. The number of benzene rings is 10. The Balaban J connectivity index is 1.02. The van der Waals surface area contributed by atoms with Crippen molar-refractivity contribution in [3.63, 3.8) is 0 Å². The second-order valence-electron chi connectivity index (χ2n) is 22.9. The van der Waals surface area contributed by atoms with E-state index >= 15 is 13.2 Å². The number of fused-ring (bicyclic) bond motifs is 6. The molecule has 0 radical (unpaired) electrons. The zero-order valence-corrected chi connectivity index (χ0v) is 49.1. The Kier molecular flexibility index (Phi) is 13.6. The molecule has 0 unspecified atom stereocenters. The Morgan fingerprint density at radius 1 is 0.272 bits per heavy atom. The lowest BCUT2D eigenvalue weighted by atomic mass is 9.97. The van der Waals surface area contributed by atoms with Gasteiger partial charge in [-0.15, -0.1) is 0 Å². The minimum atomic E-state index is -5.00. The third-order valence-corrected chi connectivity index (χ3v) is 17.4. The van der Waals surface area contributed by atoms with Crippen LogP contribution in [0, 0.1) is 11.3 Å². The van der Waals surface area contributed by atoms with Crippen molar-refractivity contribution in [2.75, 3.05) is 0 Å². The number of aromatic nitrogens is 6. The minimum absolute atomic E-state index is 0.105. The average Bonchev–Trinajstić information content (AvgIpc) is 1.53. The molecule has 16 aromatic rings. The van der Waals surface area contributed by atoms with Crippen LogP contribution in [-0.2, 0) is 6.18 Å². The van der Waals surface area contributed by atoms with Gasteiger partial charge in [0.2, 0.25) is 0 Å². The van der Waals surface area contributed by atoms with E-state index in [1.807, 2.05) is 249 Å². The van der Waals surface area contributed by atoms with Crippen LogP contribution in [0.4, 0.5) is 13.2 Å². The van der Waals surface area contributed by atoms with E-state index in [0.29, 0.717) is 38.8 Å². The molecule has 0 saturated heterocycles. The van der Waals surface area contributed by atoms with Crippen LogP contribution < -0.4 is 0 Å². The van der Waals surface area contributed by atoms with Gasteiger partial charge in [0.25, 0.3) is 0 Å². The summed E-state index contributed by atoms with van der Waals surface area (Å²) in [6.07, 6.45) is 2.08. The van der Waals surface area contributed by atoms with E-state index in [9.17, 15) is 5.26 Å². The SMILES string of the molecule is N#Cc1cccc(-c2cc(-n3c4cc(-c5ccnc(-c6ccccc6)c5)ccc4c4ccc(-c5ccnc(-c6ccccc6)c5)cc43)c(C(F)(F)F)c(-n3c4cc(-c5ccnc(-c6ccccc6)c5)ccc4c4ccc(-c5ccnc(-c6ccccc6)c5)cc43)c2)c1. The summed E-state index contributed by atoms with van der Waals surface area (Å²) >= 11 is 0. The maximum Gasteiger partial charge on any atom is 0.420 e. The van der Waals surface area contributed by atoms with Crippen molar-refractivity contribution in [3.05, 3.63) is 315 Å². The number of pyridine rings is 4. The van der Waals surface area contributed by atoms with Crippen molar-refractivity contribution in [1.82, 2.24) is 29.1 Å². The zero-order chi connectivity index (χ0) is 61.9. The molecule has 0 bridgehead atoms. The van der Waals surface area contributed by atoms with Crippen LogP contribution in [0.1, 0.15) is 11.1 Å². The third-order valence-electron chi connectivity index (χ3n) is 17.4. The van der Waals surface area contributed by atoms with Gasteiger partial charge in [-0.3, -0.25) is 19.9 Å². The Morgan fingerprint density at radius 3 is 0.848 bits per heavy atom. The molecule has 0 aliphatic carbocycles. The number of halogens is 3. The Hall–Kier alpha value is -12.3. The number of alkyl halides is 3. The predicted octanol–water partition coefficient (Wildman–Crippen LogP) is 21.4. The number of nitrogens with zero attached hydrogens (tertiary/aromatic N) is 7. The van der Waals surface area contributed by atoms with E-state index in [2.05, 4.69) is 6.07 Å². The van der Waals surface area contributed by atoms with Crippen molar-refractivity contribution >= 4 is 43.6 Å². The molecule has 10 heteroatoms. The van der Waals surface area contributed by atoms with E-state index in [1.165, 1.54) is 0 Å². The Labute approximate surface area is 527 Å². The molecule has 0 aliphatic heterocycles. The number of rotatable bonds is 11. The fraction of sp³-hybridized carbons (Fsp3) is 0.0122. The molecule has 0 saturated carbocycles. The normalized spacial score (nSPS) is 11.6. The highest BCUT2D eigenvalue weighted by Gasteiger charge is 2.40. The molecule has 0 amide bonds. The van der Waals surface area contributed by atoms with Gasteiger partial charge >= 0.3 is 6.18 Å². The number of hydrogen-bond acceptors (Lipinski definition) is 5. The van der Waals surface area contributed by atoms with Crippen molar-refractivity contribution < 1.29 is 13.2 Å². The fourth-order valence-electron chi connectivity index (χ4n) is 13.0. The molecule has 92 heavy (non-hydrogen) atoms. The monoisotopic (exact) mass is 1190 g/mol. The van der Waals surface area contributed by atoms with E-state index in [-0.39, 0.29) is 11.4 Å². The van der Waals surface area contributed by atoms with Gasteiger partial charge in [-0.25, -0.2) is 0 Å². The number of nitriles is 1. The smallest absolute Gasteiger partial charge is 0.308 e. The molecule has 6 heterocycles. The highest BCUT2D eigenvalue weighted by atomic mass is 19.4. The maximum absolute atomic E-state index is 17.8. The standard InChI is InChI=1S/C82H50F3N7/c83-82(84,85)81-79(91-75-45-58(62-32-36-87-71(41-62)53-15-5-1-6-16-53)24-28-67(75)68-29-25-59(46-76(68)91)63-33-37-88-72(42-63)54-17-7-2-8-18-54)49-66(57-23-13-14-52(40-57)51-86)50-80(81)92-77-47-60(64-34-38-89-73(43-64)55-19-9-3-10-20-55)26-30-69(77)70-31-27-61(48-78(70)92)65-35-39-90-74(44-65)56-21-11-4-12-22-56/h1-50H. The molecule has 6 aromatic heterocycles. The first kappa shape index (κ1) is 55.0. The van der Waals surface area contributed by atoms with Gasteiger partial charge in [0.05, 0.1) is 67.8 Å². The first-order chi connectivity index (χ1) is 45.2. The van der Waals surface area contributed by atoms with Crippen LogP contribution in [0.15, 0.2) is 304 Å². The highest BCUT2D eigenvalue weighted by molar-refractivity contribution is 6.13. The zero-order valence-electron chi connectivity index (χ0n) is 49.1. The van der Waals surface area contributed by atoms with Crippen LogP contribution in [-0.4, -0.2) is 29.1 Å². The van der Waals surface area contributed by atoms with Crippen molar-refractivity contribution in [2.24, 2.45) is 0 Å². The van der Waals surface area contributed by atoms with E-state index < -0.39 is 11.7 Å². The largest absolute Gasteiger partial charge is 0.420 e. The molecule has 0 spiro atoms. The van der Waals surface area contributed by atoms with Gasteiger partial charge < -0.3 is 9.13 Å². The summed E-state index contributed by atoms with van der Waals surface area (Å²) in [5.41, 5.74) is 15.8. The fourth-order valence-corrected chi connectivity index (χ4v) is 13.0. The van der Waals surface area contributed by atoms with Gasteiger partial charge in [-0.1, -0.05) is 182 Å². The van der Waals surface area contributed by atoms with Crippen LogP contribution in [0.3, 0.4) is 0 Å². The topological polar surface area (TPSA) is 85.2 Å². The minimum Gasteiger partial charge on any atom is -0.308 e. The molecule has 16 rings (SSSR count). The average molecular weight is 1190 g/mol. The van der Waals surface area contributed by atoms with Gasteiger partial charge in [-0.05, 0) is 153 Å². The number of hydrogen-bond donors (Lipinski definition) is 0. The lowest BCUT2D eigenvalue weighted by Gasteiger charge is -2.23. The van der Waals surface area contributed by atoms with Gasteiger partial charge in [0.1, 0.15) is 5.56 Å². The van der Waals surface area contributed by atoms with Gasteiger partial charge in [0, 0.05) is 68.6 Å². The van der Waals surface area contributed by atoms with Gasteiger partial charge in [-0.2, -0.15) is 18.4 Å². The second kappa shape index (κ2) is 22.7. The molecule has 7 nitrogen and oxygen atoms in total. The summed E-state index contributed by atoms with van der Waals surface area (Å²) in [5.74, 6) is 0. The Bertz CT molecular complexity index is 4990. The second-order valence-corrected chi connectivity index (χ2v) is 22.9. The van der Waals surface area contributed by atoms with Crippen LogP contribution in [0.5, 0.6) is 0 Å².